The maximum absolute atomic E-state index is 13.2. The third-order valence-corrected chi connectivity index (χ3v) is 4.55. The summed E-state index contributed by atoms with van der Waals surface area (Å²) in [4.78, 5) is 0. The highest BCUT2D eigenvalue weighted by molar-refractivity contribution is 14.1. The summed E-state index contributed by atoms with van der Waals surface area (Å²) < 4.78 is 13.9. The SMILES string of the molecule is OC(Cc1cccc2ccccc12)c1ccc(F)cc1I. The number of aliphatic hydroxyl groups is 1. The van der Waals surface area contributed by atoms with Crippen molar-refractivity contribution >= 4 is 33.4 Å². The molecule has 1 atom stereocenters. The number of aliphatic hydroxyl groups excluding tert-OH is 1. The van der Waals surface area contributed by atoms with Crippen LogP contribution in [0.4, 0.5) is 4.39 Å². The third-order valence-electron chi connectivity index (χ3n) is 3.61. The van der Waals surface area contributed by atoms with Crippen LogP contribution in [0.2, 0.25) is 0 Å². The first-order valence-corrected chi connectivity index (χ1v) is 7.82. The number of fused-ring (bicyclic) bond motifs is 1. The van der Waals surface area contributed by atoms with E-state index in [-0.39, 0.29) is 5.82 Å². The lowest BCUT2D eigenvalue weighted by molar-refractivity contribution is 0.178. The summed E-state index contributed by atoms with van der Waals surface area (Å²) in [5, 5.41) is 12.8. The van der Waals surface area contributed by atoms with Gasteiger partial charge in [-0.1, -0.05) is 48.5 Å². The summed E-state index contributed by atoms with van der Waals surface area (Å²) in [7, 11) is 0. The van der Waals surface area contributed by atoms with E-state index in [9.17, 15) is 9.50 Å². The fourth-order valence-electron chi connectivity index (χ4n) is 2.56. The van der Waals surface area contributed by atoms with Crippen LogP contribution < -0.4 is 0 Å². The van der Waals surface area contributed by atoms with Gasteiger partial charge in [-0.25, -0.2) is 4.39 Å². The molecule has 3 aromatic rings. The first kappa shape index (κ1) is 14.5. The van der Waals surface area contributed by atoms with E-state index in [0.29, 0.717) is 6.42 Å². The maximum Gasteiger partial charge on any atom is 0.124 e. The van der Waals surface area contributed by atoms with Crippen LogP contribution in [-0.2, 0) is 6.42 Å². The summed E-state index contributed by atoms with van der Waals surface area (Å²) >= 11 is 2.06. The maximum atomic E-state index is 13.2. The van der Waals surface area contributed by atoms with Gasteiger partial charge in [-0.2, -0.15) is 0 Å². The largest absolute Gasteiger partial charge is 0.388 e. The molecule has 106 valence electrons. The number of halogens is 2. The van der Waals surface area contributed by atoms with Gasteiger partial charge in [0.2, 0.25) is 0 Å². The summed E-state index contributed by atoms with van der Waals surface area (Å²) in [5.74, 6) is -0.277. The van der Waals surface area contributed by atoms with Gasteiger partial charge in [0.25, 0.3) is 0 Å². The molecule has 1 nitrogen and oxygen atoms in total. The fraction of sp³-hybridized carbons (Fsp3) is 0.111. The van der Waals surface area contributed by atoms with Gasteiger partial charge in [-0.05, 0) is 56.6 Å². The van der Waals surface area contributed by atoms with E-state index < -0.39 is 6.10 Å². The molecule has 1 unspecified atom stereocenters. The molecule has 0 aliphatic heterocycles. The summed E-state index contributed by atoms with van der Waals surface area (Å²) in [5.41, 5.74) is 1.87. The van der Waals surface area contributed by atoms with Crippen molar-refractivity contribution in [2.75, 3.05) is 0 Å². The third kappa shape index (κ3) is 3.09. The summed E-state index contributed by atoms with van der Waals surface area (Å²) in [6.45, 7) is 0. The molecule has 0 amide bonds. The first-order chi connectivity index (χ1) is 10.1. The highest BCUT2D eigenvalue weighted by Crippen LogP contribution is 2.27. The molecule has 0 heterocycles. The topological polar surface area (TPSA) is 20.2 Å². The number of hydrogen-bond acceptors (Lipinski definition) is 1. The Kier molecular flexibility index (Phi) is 4.22. The van der Waals surface area contributed by atoms with Crippen LogP contribution in [0.3, 0.4) is 0 Å². The van der Waals surface area contributed by atoms with E-state index in [2.05, 4.69) is 40.8 Å². The van der Waals surface area contributed by atoms with E-state index >= 15 is 0 Å². The monoisotopic (exact) mass is 392 g/mol. The second-order valence-electron chi connectivity index (χ2n) is 5.02. The standard InChI is InChI=1S/C18H14FIO/c19-14-8-9-16(17(20)11-14)18(21)10-13-6-3-5-12-4-1-2-7-15(12)13/h1-9,11,18,21H,10H2. The molecule has 0 saturated heterocycles. The molecule has 0 aromatic heterocycles. The van der Waals surface area contributed by atoms with Crippen LogP contribution in [0.25, 0.3) is 10.8 Å². The summed E-state index contributed by atoms with van der Waals surface area (Å²) in [6, 6.07) is 18.7. The van der Waals surface area contributed by atoms with E-state index in [1.807, 2.05) is 24.3 Å². The van der Waals surface area contributed by atoms with Crippen LogP contribution in [0, 0.1) is 9.39 Å². The number of hydrogen-bond donors (Lipinski definition) is 1. The molecule has 0 radical (unpaired) electrons. The predicted octanol–water partition coefficient (Wildman–Crippen LogP) is 4.86. The van der Waals surface area contributed by atoms with Gasteiger partial charge >= 0.3 is 0 Å². The van der Waals surface area contributed by atoms with Gasteiger partial charge in [0.15, 0.2) is 0 Å². The minimum absolute atomic E-state index is 0.277. The van der Waals surface area contributed by atoms with Crippen molar-refractivity contribution in [3.05, 3.63) is 81.2 Å². The lowest BCUT2D eigenvalue weighted by atomic mass is 9.97. The van der Waals surface area contributed by atoms with E-state index in [1.54, 1.807) is 6.07 Å². The van der Waals surface area contributed by atoms with Crippen molar-refractivity contribution in [2.45, 2.75) is 12.5 Å². The van der Waals surface area contributed by atoms with Crippen molar-refractivity contribution in [3.63, 3.8) is 0 Å². The molecule has 0 aliphatic carbocycles. The molecular weight excluding hydrogens is 378 g/mol. The van der Waals surface area contributed by atoms with Crippen LogP contribution >= 0.6 is 22.6 Å². The lowest BCUT2D eigenvalue weighted by Gasteiger charge is -2.14. The van der Waals surface area contributed by atoms with Gasteiger partial charge in [0, 0.05) is 9.99 Å². The Morgan fingerprint density at radius 2 is 1.76 bits per heavy atom. The Hall–Kier alpha value is -1.46. The van der Waals surface area contributed by atoms with Gasteiger partial charge in [-0.15, -0.1) is 0 Å². The van der Waals surface area contributed by atoms with Crippen molar-refractivity contribution in [3.8, 4) is 0 Å². The second kappa shape index (κ2) is 6.12. The Morgan fingerprint density at radius 3 is 2.57 bits per heavy atom. The molecule has 3 rings (SSSR count). The minimum atomic E-state index is -0.636. The van der Waals surface area contributed by atoms with Crippen molar-refractivity contribution < 1.29 is 9.50 Å². The van der Waals surface area contributed by atoms with Crippen molar-refractivity contribution in [2.24, 2.45) is 0 Å². The molecular formula is C18H14FIO. The smallest absolute Gasteiger partial charge is 0.124 e. The molecule has 0 aliphatic rings. The lowest BCUT2D eigenvalue weighted by Crippen LogP contribution is -2.04. The Labute approximate surface area is 136 Å². The quantitative estimate of drug-likeness (QED) is 0.632. The van der Waals surface area contributed by atoms with Gasteiger partial charge < -0.3 is 5.11 Å². The highest BCUT2D eigenvalue weighted by Gasteiger charge is 2.14. The molecule has 3 heteroatoms. The van der Waals surface area contributed by atoms with E-state index in [1.165, 1.54) is 12.1 Å². The van der Waals surface area contributed by atoms with Crippen LogP contribution in [-0.4, -0.2) is 5.11 Å². The average molecular weight is 392 g/mol. The van der Waals surface area contributed by atoms with E-state index in [4.69, 9.17) is 0 Å². The van der Waals surface area contributed by atoms with Crippen LogP contribution in [0.5, 0.6) is 0 Å². The Bertz CT molecular complexity index is 780. The fourth-order valence-corrected chi connectivity index (χ4v) is 3.40. The average Bonchev–Trinajstić information content (AvgIpc) is 2.47. The predicted molar refractivity (Wildman–Crippen MR) is 91.7 cm³/mol. The minimum Gasteiger partial charge on any atom is -0.388 e. The van der Waals surface area contributed by atoms with Gasteiger partial charge in [0.05, 0.1) is 6.10 Å². The molecule has 21 heavy (non-hydrogen) atoms. The second-order valence-corrected chi connectivity index (χ2v) is 6.19. The molecule has 1 N–H and O–H groups in total. The van der Waals surface area contributed by atoms with Crippen molar-refractivity contribution in [1.82, 2.24) is 0 Å². The zero-order valence-electron chi connectivity index (χ0n) is 11.3. The molecule has 0 fully saturated rings. The number of rotatable bonds is 3. The van der Waals surface area contributed by atoms with E-state index in [0.717, 1.165) is 25.5 Å². The van der Waals surface area contributed by atoms with Gasteiger partial charge in [0.1, 0.15) is 5.82 Å². The van der Waals surface area contributed by atoms with Crippen molar-refractivity contribution in [1.29, 1.82) is 0 Å². The molecule has 0 saturated carbocycles. The first-order valence-electron chi connectivity index (χ1n) is 6.75. The Balaban J connectivity index is 1.94. The Morgan fingerprint density at radius 1 is 1.00 bits per heavy atom. The molecule has 3 aromatic carbocycles. The summed E-state index contributed by atoms with van der Waals surface area (Å²) in [6.07, 6.45) is -0.119. The zero-order chi connectivity index (χ0) is 14.8. The normalized spacial score (nSPS) is 12.5. The van der Waals surface area contributed by atoms with Gasteiger partial charge in [-0.3, -0.25) is 0 Å². The highest BCUT2D eigenvalue weighted by atomic mass is 127. The molecule has 0 bridgehead atoms. The number of benzene rings is 3. The zero-order valence-corrected chi connectivity index (χ0v) is 13.4. The van der Waals surface area contributed by atoms with Crippen LogP contribution in [0.1, 0.15) is 17.2 Å². The molecule has 0 spiro atoms. The van der Waals surface area contributed by atoms with Crippen LogP contribution in [0.15, 0.2) is 60.7 Å².